The molecule has 0 spiro atoms. The Morgan fingerprint density at radius 2 is 2.00 bits per heavy atom. The van der Waals surface area contributed by atoms with Crippen LogP contribution in [0.2, 0.25) is 0 Å². The standard InChI is InChI=1S/C9H6F2O2/c10-6-1-5-2-7(4-12)13-9(5)8(11)3-6/h1-3,12H,4H2. The van der Waals surface area contributed by atoms with Crippen LogP contribution in [0.15, 0.2) is 22.6 Å². The average molecular weight is 184 g/mol. The molecule has 2 rings (SSSR count). The van der Waals surface area contributed by atoms with Crippen molar-refractivity contribution in [3.05, 3.63) is 35.6 Å². The van der Waals surface area contributed by atoms with Gasteiger partial charge < -0.3 is 9.52 Å². The van der Waals surface area contributed by atoms with E-state index in [1.54, 1.807) is 0 Å². The van der Waals surface area contributed by atoms with Crippen molar-refractivity contribution in [3.63, 3.8) is 0 Å². The Labute approximate surface area is 72.4 Å². The molecule has 0 aliphatic heterocycles. The van der Waals surface area contributed by atoms with E-state index in [1.807, 2.05) is 0 Å². The zero-order valence-electron chi connectivity index (χ0n) is 6.55. The van der Waals surface area contributed by atoms with Gasteiger partial charge in [-0.3, -0.25) is 0 Å². The van der Waals surface area contributed by atoms with E-state index < -0.39 is 11.6 Å². The molecule has 1 heterocycles. The monoisotopic (exact) mass is 184 g/mol. The number of aliphatic hydroxyl groups is 1. The summed E-state index contributed by atoms with van der Waals surface area (Å²) in [5, 5.41) is 9.01. The fraction of sp³-hybridized carbons (Fsp3) is 0.111. The van der Waals surface area contributed by atoms with E-state index in [1.165, 1.54) is 6.07 Å². The Morgan fingerprint density at radius 3 is 2.69 bits per heavy atom. The molecule has 0 bridgehead atoms. The van der Waals surface area contributed by atoms with Crippen LogP contribution in [0.4, 0.5) is 8.78 Å². The van der Waals surface area contributed by atoms with Gasteiger partial charge in [0, 0.05) is 11.5 Å². The number of fused-ring (bicyclic) bond motifs is 1. The van der Waals surface area contributed by atoms with Crippen LogP contribution in [0.5, 0.6) is 0 Å². The maximum Gasteiger partial charge on any atom is 0.170 e. The van der Waals surface area contributed by atoms with E-state index in [4.69, 9.17) is 9.52 Å². The van der Waals surface area contributed by atoms with Crippen LogP contribution in [0.3, 0.4) is 0 Å². The van der Waals surface area contributed by atoms with Crippen molar-refractivity contribution in [2.24, 2.45) is 0 Å². The summed E-state index contributed by atoms with van der Waals surface area (Å²) in [7, 11) is 0. The van der Waals surface area contributed by atoms with Gasteiger partial charge in [-0.1, -0.05) is 0 Å². The average Bonchev–Trinajstić information content (AvgIpc) is 2.47. The number of halogens is 2. The molecule has 0 atom stereocenters. The summed E-state index contributed by atoms with van der Waals surface area (Å²) in [5.74, 6) is -1.19. The second kappa shape index (κ2) is 2.81. The molecule has 1 N–H and O–H groups in total. The SMILES string of the molecule is OCc1cc2cc(F)cc(F)c2o1. The quantitative estimate of drug-likeness (QED) is 0.737. The summed E-state index contributed by atoms with van der Waals surface area (Å²) < 4.78 is 30.6. The number of benzene rings is 1. The minimum Gasteiger partial charge on any atom is -0.456 e. The molecular weight excluding hydrogens is 178 g/mol. The van der Waals surface area contributed by atoms with Crippen molar-refractivity contribution < 1.29 is 18.3 Å². The van der Waals surface area contributed by atoms with Crippen molar-refractivity contribution in [1.82, 2.24) is 0 Å². The molecular formula is C9H6F2O2. The Morgan fingerprint density at radius 1 is 1.23 bits per heavy atom. The third-order valence-electron chi connectivity index (χ3n) is 1.74. The highest BCUT2D eigenvalue weighted by molar-refractivity contribution is 5.78. The largest absolute Gasteiger partial charge is 0.456 e. The second-order valence-corrected chi connectivity index (χ2v) is 2.68. The lowest BCUT2D eigenvalue weighted by molar-refractivity contribution is 0.250. The van der Waals surface area contributed by atoms with Crippen LogP contribution in [0.25, 0.3) is 11.0 Å². The zero-order valence-corrected chi connectivity index (χ0v) is 6.55. The fourth-order valence-electron chi connectivity index (χ4n) is 1.21. The van der Waals surface area contributed by atoms with E-state index in [9.17, 15) is 8.78 Å². The summed E-state index contributed by atoms with van der Waals surface area (Å²) in [6.07, 6.45) is 0. The molecule has 0 radical (unpaired) electrons. The van der Waals surface area contributed by atoms with Crippen LogP contribution < -0.4 is 0 Å². The maximum atomic E-state index is 13.0. The zero-order chi connectivity index (χ0) is 9.42. The first-order valence-corrected chi connectivity index (χ1v) is 3.69. The normalized spacial score (nSPS) is 11.0. The topological polar surface area (TPSA) is 33.4 Å². The van der Waals surface area contributed by atoms with Crippen molar-refractivity contribution in [1.29, 1.82) is 0 Å². The van der Waals surface area contributed by atoms with Gasteiger partial charge in [0.05, 0.1) is 0 Å². The Kier molecular flexibility index (Phi) is 1.77. The first kappa shape index (κ1) is 8.19. The maximum absolute atomic E-state index is 13.0. The van der Waals surface area contributed by atoms with Crippen LogP contribution >= 0.6 is 0 Å². The molecule has 2 aromatic rings. The summed E-state index contributed by atoms with van der Waals surface area (Å²) >= 11 is 0. The highest BCUT2D eigenvalue weighted by atomic mass is 19.1. The predicted octanol–water partition coefficient (Wildman–Crippen LogP) is 2.20. The molecule has 0 amide bonds. The molecule has 4 heteroatoms. The van der Waals surface area contributed by atoms with Crippen molar-refractivity contribution in [3.8, 4) is 0 Å². The lowest BCUT2D eigenvalue weighted by Crippen LogP contribution is -1.78. The van der Waals surface area contributed by atoms with E-state index in [-0.39, 0.29) is 18.0 Å². The van der Waals surface area contributed by atoms with E-state index in [2.05, 4.69) is 0 Å². The minimum atomic E-state index is -0.755. The van der Waals surface area contributed by atoms with Crippen molar-refractivity contribution in [2.45, 2.75) is 6.61 Å². The molecule has 2 nitrogen and oxygen atoms in total. The van der Waals surface area contributed by atoms with Gasteiger partial charge in [-0.2, -0.15) is 0 Å². The lowest BCUT2D eigenvalue weighted by Gasteiger charge is -1.90. The third kappa shape index (κ3) is 1.29. The van der Waals surface area contributed by atoms with E-state index in [0.717, 1.165) is 12.1 Å². The van der Waals surface area contributed by atoms with Gasteiger partial charge in [-0.05, 0) is 12.1 Å². The van der Waals surface area contributed by atoms with Gasteiger partial charge in [0.2, 0.25) is 0 Å². The minimum absolute atomic E-state index is 0.0227. The van der Waals surface area contributed by atoms with Gasteiger partial charge >= 0.3 is 0 Å². The molecule has 1 aromatic heterocycles. The molecule has 0 aliphatic rings. The Hall–Kier alpha value is -1.42. The van der Waals surface area contributed by atoms with Crippen LogP contribution in [0, 0.1) is 11.6 Å². The molecule has 0 fully saturated rings. The highest BCUT2D eigenvalue weighted by Crippen LogP contribution is 2.23. The molecule has 0 saturated carbocycles. The molecule has 13 heavy (non-hydrogen) atoms. The van der Waals surface area contributed by atoms with Gasteiger partial charge in [0.25, 0.3) is 0 Å². The summed E-state index contributed by atoms with van der Waals surface area (Å²) in [4.78, 5) is 0. The lowest BCUT2D eigenvalue weighted by atomic mass is 10.2. The van der Waals surface area contributed by atoms with Crippen LogP contribution in [-0.4, -0.2) is 5.11 Å². The molecule has 0 saturated heterocycles. The summed E-state index contributed by atoms with van der Waals surface area (Å²) in [6.45, 7) is -0.324. The smallest absolute Gasteiger partial charge is 0.170 e. The van der Waals surface area contributed by atoms with Crippen LogP contribution in [-0.2, 0) is 6.61 Å². The van der Waals surface area contributed by atoms with Gasteiger partial charge in [-0.25, -0.2) is 8.78 Å². The number of furan rings is 1. The number of aliphatic hydroxyl groups excluding tert-OH is 1. The van der Waals surface area contributed by atoms with Crippen molar-refractivity contribution in [2.75, 3.05) is 0 Å². The van der Waals surface area contributed by atoms with Crippen LogP contribution in [0.1, 0.15) is 5.76 Å². The fourth-order valence-corrected chi connectivity index (χ4v) is 1.21. The number of rotatable bonds is 1. The van der Waals surface area contributed by atoms with E-state index >= 15 is 0 Å². The van der Waals surface area contributed by atoms with Gasteiger partial charge in [-0.15, -0.1) is 0 Å². The Balaban J connectivity index is 2.75. The summed E-state index contributed by atoms with van der Waals surface area (Å²) in [6, 6.07) is 3.30. The van der Waals surface area contributed by atoms with Crippen molar-refractivity contribution >= 4 is 11.0 Å². The second-order valence-electron chi connectivity index (χ2n) is 2.68. The molecule has 0 unspecified atom stereocenters. The first-order valence-electron chi connectivity index (χ1n) is 3.69. The number of hydrogen-bond donors (Lipinski definition) is 1. The van der Waals surface area contributed by atoms with Gasteiger partial charge in [0.15, 0.2) is 11.4 Å². The Bertz CT molecular complexity index is 448. The summed E-state index contributed by atoms with van der Waals surface area (Å²) in [5.41, 5.74) is -0.0227. The number of hydrogen-bond acceptors (Lipinski definition) is 2. The van der Waals surface area contributed by atoms with E-state index in [0.29, 0.717) is 5.39 Å². The molecule has 68 valence electrons. The predicted molar refractivity (Wildman–Crippen MR) is 42.1 cm³/mol. The highest BCUT2D eigenvalue weighted by Gasteiger charge is 2.09. The van der Waals surface area contributed by atoms with Gasteiger partial charge in [0.1, 0.15) is 18.2 Å². The molecule has 1 aromatic carbocycles. The first-order chi connectivity index (χ1) is 6.20. The third-order valence-corrected chi connectivity index (χ3v) is 1.74. The molecule has 0 aliphatic carbocycles.